The molecule has 0 aliphatic heterocycles. The van der Waals surface area contributed by atoms with E-state index in [0.717, 1.165) is 17.1 Å². The number of hydrogen-bond donors (Lipinski definition) is 1. The van der Waals surface area contributed by atoms with Crippen molar-refractivity contribution < 1.29 is 4.74 Å². The minimum Gasteiger partial charge on any atom is -0.481 e. The van der Waals surface area contributed by atoms with E-state index in [-0.39, 0.29) is 0 Å². The highest BCUT2D eigenvalue weighted by Gasteiger charge is 2.25. The van der Waals surface area contributed by atoms with Gasteiger partial charge in [-0.3, -0.25) is 0 Å². The fourth-order valence-corrected chi connectivity index (χ4v) is 1.97. The second-order valence-electron chi connectivity index (χ2n) is 3.98. The number of nitrogens with two attached hydrogens (primary N) is 1. The lowest BCUT2D eigenvalue weighted by Gasteiger charge is -2.27. The summed E-state index contributed by atoms with van der Waals surface area (Å²) >= 11 is 0. The van der Waals surface area contributed by atoms with E-state index < -0.39 is 0 Å². The molecule has 1 heterocycles. The summed E-state index contributed by atoms with van der Waals surface area (Å²) in [5.74, 6) is 1.98. The third-order valence-electron chi connectivity index (χ3n) is 3.00. The van der Waals surface area contributed by atoms with E-state index in [1.54, 1.807) is 7.11 Å². The number of hydrogen-bond acceptors (Lipinski definition) is 4. The van der Waals surface area contributed by atoms with Gasteiger partial charge in [-0.05, 0) is 19.8 Å². The molecule has 0 spiro atoms. The summed E-state index contributed by atoms with van der Waals surface area (Å²) in [4.78, 5) is 8.75. The van der Waals surface area contributed by atoms with E-state index in [1.165, 1.54) is 19.3 Å². The maximum Gasteiger partial charge on any atom is 0.221 e. The molecule has 0 saturated heterocycles. The van der Waals surface area contributed by atoms with Gasteiger partial charge >= 0.3 is 0 Å². The van der Waals surface area contributed by atoms with E-state index >= 15 is 0 Å². The van der Waals surface area contributed by atoms with E-state index in [9.17, 15) is 0 Å². The second kappa shape index (κ2) is 4.14. The predicted molar refractivity (Wildman–Crippen MR) is 57.8 cm³/mol. The Morgan fingerprint density at radius 1 is 1.40 bits per heavy atom. The van der Waals surface area contributed by atoms with Crippen molar-refractivity contribution in [2.75, 3.05) is 7.11 Å². The zero-order valence-electron chi connectivity index (χ0n) is 9.29. The van der Waals surface area contributed by atoms with Gasteiger partial charge in [-0.15, -0.1) is 0 Å². The summed E-state index contributed by atoms with van der Waals surface area (Å²) in [5.41, 5.74) is 7.82. The van der Waals surface area contributed by atoms with Crippen LogP contribution in [0.5, 0.6) is 5.88 Å². The van der Waals surface area contributed by atoms with Crippen LogP contribution in [-0.4, -0.2) is 17.1 Å². The molecule has 2 rings (SSSR count). The summed E-state index contributed by atoms with van der Waals surface area (Å²) in [6.07, 6.45) is 3.72. The van der Waals surface area contributed by atoms with Crippen LogP contribution in [0.2, 0.25) is 0 Å². The van der Waals surface area contributed by atoms with Gasteiger partial charge < -0.3 is 10.5 Å². The Bertz CT molecular complexity index is 361. The van der Waals surface area contributed by atoms with Gasteiger partial charge in [0.1, 0.15) is 5.82 Å². The fourth-order valence-electron chi connectivity index (χ4n) is 1.97. The third-order valence-corrected chi connectivity index (χ3v) is 3.00. The van der Waals surface area contributed by atoms with E-state index in [4.69, 9.17) is 10.5 Å². The van der Waals surface area contributed by atoms with Gasteiger partial charge in [0.05, 0.1) is 12.8 Å². The van der Waals surface area contributed by atoms with E-state index in [0.29, 0.717) is 18.3 Å². The normalized spacial score (nSPS) is 16.2. The molecule has 4 nitrogen and oxygen atoms in total. The van der Waals surface area contributed by atoms with Crippen LogP contribution in [0, 0.1) is 6.92 Å². The minimum atomic E-state index is 0.454. The van der Waals surface area contributed by atoms with Crippen molar-refractivity contribution in [3.8, 4) is 5.88 Å². The summed E-state index contributed by atoms with van der Waals surface area (Å²) in [6, 6.07) is 0. The van der Waals surface area contributed by atoms with Crippen LogP contribution in [0.1, 0.15) is 42.3 Å². The number of methoxy groups -OCH3 is 1. The van der Waals surface area contributed by atoms with Gasteiger partial charge in [-0.2, -0.15) is 4.98 Å². The summed E-state index contributed by atoms with van der Waals surface area (Å²) in [5, 5.41) is 0. The topological polar surface area (TPSA) is 61.0 Å². The highest BCUT2D eigenvalue weighted by molar-refractivity contribution is 5.34. The van der Waals surface area contributed by atoms with Crippen molar-refractivity contribution in [2.24, 2.45) is 5.73 Å². The molecular formula is C11H17N3O. The van der Waals surface area contributed by atoms with Crippen molar-refractivity contribution in [3.63, 3.8) is 0 Å². The Morgan fingerprint density at radius 3 is 2.60 bits per heavy atom. The Labute approximate surface area is 89.9 Å². The summed E-state index contributed by atoms with van der Waals surface area (Å²) < 4.78 is 5.25. The summed E-state index contributed by atoms with van der Waals surface area (Å²) in [6.45, 7) is 2.35. The minimum absolute atomic E-state index is 0.454. The van der Waals surface area contributed by atoms with Crippen molar-refractivity contribution >= 4 is 0 Å². The van der Waals surface area contributed by atoms with Gasteiger partial charge in [-0.25, -0.2) is 4.98 Å². The average molecular weight is 207 g/mol. The molecule has 1 fully saturated rings. The Hall–Kier alpha value is -1.16. The lowest BCUT2D eigenvalue weighted by molar-refractivity contribution is 0.374. The van der Waals surface area contributed by atoms with E-state index in [2.05, 4.69) is 9.97 Å². The third kappa shape index (κ3) is 1.81. The number of ether oxygens (including phenoxy) is 1. The number of aromatic nitrogens is 2. The van der Waals surface area contributed by atoms with Crippen LogP contribution in [0.15, 0.2) is 0 Å². The largest absolute Gasteiger partial charge is 0.481 e. The van der Waals surface area contributed by atoms with Crippen LogP contribution >= 0.6 is 0 Å². The average Bonchev–Trinajstić information content (AvgIpc) is 2.14. The molecule has 1 aromatic heterocycles. The van der Waals surface area contributed by atoms with Crippen LogP contribution < -0.4 is 10.5 Å². The van der Waals surface area contributed by atoms with Gasteiger partial charge in [0.2, 0.25) is 5.88 Å². The zero-order chi connectivity index (χ0) is 10.8. The molecule has 0 amide bonds. The quantitative estimate of drug-likeness (QED) is 0.816. The molecule has 0 aromatic carbocycles. The standard InChI is InChI=1S/C11H17N3O/c1-7-13-10(8-4-3-5-8)9(6-12)11(14-7)15-2/h8H,3-6,12H2,1-2H3. The smallest absolute Gasteiger partial charge is 0.221 e. The van der Waals surface area contributed by atoms with E-state index in [1.807, 2.05) is 6.92 Å². The highest BCUT2D eigenvalue weighted by atomic mass is 16.5. The fraction of sp³-hybridized carbons (Fsp3) is 0.636. The number of aryl methyl sites for hydroxylation is 1. The van der Waals surface area contributed by atoms with Crippen molar-refractivity contribution in [1.29, 1.82) is 0 Å². The molecule has 15 heavy (non-hydrogen) atoms. The lowest BCUT2D eigenvalue weighted by atomic mass is 9.81. The van der Waals surface area contributed by atoms with Crippen LogP contribution in [0.3, 0.4) is 0 Å². The SMILES string of the molecule is COc1nc(C)nc(C2CCC2)c1CN. The Kier molecular flexibility index (Phi) is 2.86. The van der Waals surface area contributed by atoms with Gasteiger partial charge in [-0.1, -0.05) is 6.42 Å². The van der Waals surface area contributed by atoms with Crippen molar-refractivity contribution in [2.45, 2.75) is 38.6 Å². The zero-order valence-corrected chi connectivity index (χ0v) is 9.29. The molecule has 1 aliphatic carbocycles. The Morgan fingerprint density at radius 2 is 2.13 bits per heavy atom. The first-order valence-corrected chi connectivity index (χ1v) is 5.37. The molecule has 1 aromatic rings. The van der Waals surface area contributed by atoms with Crippen molar-refractivity contribution in [3.05, 3.63) is 17.1 Å². The Balaban J connectivity index is 2.44. The van der Waals surface area contributed by atoms with Gasteiger partial charge in [0, 0.05) is 18.0 Å². The molecule has 1 aliphatic rings. The van der Waals surface area contributed by atoms with Gasteiger partial charge in [0.15, 0.2) is 0 Å². The molecule has 0 radical (unpaired) electrons. The van der Waals surface area contributed by atoms with Gasteiger partial charge in [0.25, 0.3) is 0 Å². The molecule has 0 bridgehead atoms. The second-order valence-corrected chi connectivity index (χ2v) is 3.98. The molecule has 82 valence electrons. The monoisotopic (exact) mass is 207 g/mol. The summed E-state index contributed by atoms with van der Waals surface area (Å²) in [7, 11) is 1.63. The molecule has 4 heteroatoms. The van der Waals surface area contributed by atoms with Crippen molar-refractivity contribution in [1.82, 2.24) is 9.97 Å². The molecular weight excluding hydrogens is 190 g/mol. The first kappa shape index (κ1) is 10.4. The number of nitrogens with zero attached hydrogens (tertiary/aromatic N) is 2. The van der Waals surface area contributed by atoms with Crippen LogP contribution in [0.4, 0.5) is 0 Å². The van der Waals surface area contributed by atoms with Crippen LogP contribution in [-0.2, 0) is 6.54 Å². The highest BCUT2D eigenvalue weighted by Crippen LogP contribution is 2.38. The first-order chi connectivity index (χ1) is 7.26. The molecule has 0 unspecified atom stereocenters. The molecule has 2 N–H and O–H groups in total. The predicted octanol–water partition coefficient (Wildman–Crippen LogP) is 1.52. The number of rotatable bonds is 3. The molecule has 1 saturated carbocycles. The lowest BCUT2D eigenvalue weighted by Crippen LogP contribution is -2.17. The molecule has 0 atom stereocenters. The maximum atomic E-state index is 5.73. The van der Waals surface area contributed by atoms with Crippen LogP contribution in [0.25, 0.3) is 0 Å². The first-order valence-electron chi connectivity index (χ1n) is 5.37. The maximum absolute atomic E-state index is 5.73.